The van der Waals surface area contributed by atoms with Crippen LogP contribution in [0.4, 0.5) is 0 Å². The van der Waals surface area contributed by atoms with Gasteiger partial charge in [0.15, 0.2) is 0 Å². The minimum atomic E-state index is 0.401. The monoisotopic (exact) mass is 390 g/mol. The lowest BCUT2D eigenvalue weighted by Gasteiger charge is -2.44. The third kappa shape index (κ3) is 6.23. The maximum absolute atomic E-state index is 9.32. The molecule has 3 atom stereocenters. The summed E-state index contributed by atoms with van der Waals surface area (Å²) in [5.41, 5.74) is 0. The third-order valence-corrected chi connectivity index (χ3v) is 9.41. The molecule has 0 saturated heterocycles. The first kappa shape index (κ1) is 22.6. The molecule has 0 aromatic rings. The van der Waals surface area contributed by atoms with Crippen molar-refractivity contribution in [2.24, 2.45) is 41.4 Å². The highest BCUT2D eigenvalue weighted by Crippen LogP contribution is 2.48. The number of aliphatic hydroxyl groups excluding tert-OH is 1. The Kier molecular flexibility index (Phi) is 9.68. The van der Waals surface area contributed by atoms with Crippen LogP contribution >= 0.6 is 0 Å². The van der Waals surface area contributed by atoms with Crippen molar-refractivity contribution in [2.45, 2.75) is 123 Å². The summed E-state index contributed by atoms with van der Waals surface area (Å²) in [6.07, 6.45) is 24.9. The Morgan fingerprint density at radius 1 is 0.643 bits per heavy atom. The Balaban J connectivity index is 1.39. The van der Waals surface area contributed by atoms with Crippen LogP contribution in [0.2, 0.25) is 0 Å². The Bertz CT molecular complexity index is 402. The fourth-order valence-corrected chi connectivity index (χ4v) is 7.60. The molecule has 3 aliphatic carbocycles. The summed E-state index contributed by atoms with van der Waals surface area (Å²) in [5.74, 6) is 7.01. The molecule has 1 heteroatoms. The lowest BCUT2D eigenvalue weighted by molar-refractivity contribution is 0.0609. The third-order valence-electron chi connectivity index (χ3n) is 9.41. The van der Waals surface area contributed by atoms with E-state index < -0.39 is 0 Å². The molecular formula is C27H50O. The van der Waals surface area contributed by atoms with Crippen molar-refractivity contribution in [3.63, 3.8) is 0 Å². The van der Waals surface area contributed by atoms with Crippen LogP contribution in [-0.2, 0) is 0 Å². The molecule has 0 aliphatic heterocycles. The molecule has 164 valence electrons. The van der Waals surface area contributed by atoms with Gasteiger partial charge in [-0.1, -0.05) is 65.2 Å². The minimum Gasteiger partial charge on any atom is -0.396 e. The molecule has 0 bridgehead atoms. The van der Waals surface area contributed by atoms with Gasteiger partial charge in [-0.25, -0.2) is 0 Å². The van der Waals surface area contributed by atoms with Gasteiger partial charge in [-0.15, -0.1) is 0 Å². The number of hydrogen-bond donors (Lipinski definition) is 1. The summed E-state index contributed by atoms with van der Waals surface area (Å²) >= 11 is 0. The summed E-state index contributed by atoms with van der Waals surface area (Å²) < 4.78 is 0. The van der Waals surface area contributed by atoms with E-state index in [9.17, 15) is 5.11 Å². The fraction of sp³-hybridized carbons (Fsp3) is 1.00. The van der Waals surface area contributed by atoms with Gasteiger partial charge in [0.1, 0.15) is 0 Å². The van der Waals surface area contributed by atoms with Gasteiger partial charge < -0.3 is 5.11 Å². The van der Waals surface area contributed by atoms with E-state index in [2.05, 4.69) is 13.8 Å². The van der Waals surface area contributed by atoms with Crippen molar-refractivity contribution in [3.8, 4) is 0 Å². The minimum absolute atomic E-state index is 0.401. The van der Waals surface area contributed by atoms with Gasteiger partial charge in [0.05, 0.1) is 0 Å². The molecule has 3 unspecified atom stereocenters. The van der Waals surface area contributed by atoms with Crippen LogP contribution in [0.3, 0.4) is 0 Å². The highest BCUT2D eigenvalue weighted by molar-refractivity contribution is 4.88. The van der Waals surface area contributed by atoms with Crippen molar-refractivity contribution in [1.29, 1.82) is 0 Å². The van der Waals surface area contributed by atoms with E-state index in [-0.39, 0.29) is 0 Å². The predicted octanol–water partition coefficient (Wildman–Crippen LogP) is 8.00. The van der Waals surface area contributed by atoms with Crippen LogP contribution in [0.15, 0.2) is 0 Å². The first-order chi connectivity index (χ1) is 13.7. The number of aliphatic hydroxyl groups is 1. The van der Waals surface area contributed by atoms with Gasteiger partial charge in [-0.05, 0) is 99.2 Å². The molecule has 0 radical (unpaired) electrons. The van der Waals surface area contributed by atoms with E-state index in [0.717, 1.165) is 47.8 Å². The zero-order valence-corrected chi connectivity index (χ0v) is 19.2. The van der Waals surface area contributed by atoms with Crippen molar-refractivity contribution >= 4 is 0 Å². The smallest absolute Gasteiger partial charge is 0.0433 e. The van der Waals surface area contributed by atoms with E-state index in [1.54, 1.807) is 38.5 Å². The average molecular weight is 391 g/mol. The van der Waals surface area contributed by atoms with Gasteiger partial charge in [-0.2, -0.15) is 0 Å². The molecule has 3 aliphatic rings. The van der Waals surface area contributed by atoms with E-state index >= 15 is 0 Å². The van der Waals surface area contributed by atoms with E-state index in [0.29, 0.717) is 6.61 Å². The summed E-state index contributed by atoms with van der Waals surface area (Å²) in [4.78, 5) is 0. The normalized spacial score (nSPS) is 39.8. The molecule has 0 heterocycles. The van der Waals surface area contributed by atoms with Gasteiger partial charge >= 0.3 is 0 Å². The molecule has 0 aromatic heterocycles. The summed E-state index contributed by atoms with van der Waals surface area (Å²) in [7, 11) is 0. The van der Waals surface area contributed by atoms with Crippen LogP contribution in [-0.4, -0.2) is 11.7 Å². The molecule has 0 aromatic carbocycles. The maximum atomic E-state index is 9.32. The van der Waals surface area contributed by atoms with Crippen molar-refractivity contribution < 1.29 is 5.11 Å². The number of rotatable bonds is 9. The van der Waals surface area contributed by atoms with Crippen molar-refractivity contribution in [3.05, 3.63) is 0 Å². The van der Waals surface area contributed by atoms with E-state index in [4.69, 9.17) is 0 Å². The lowest BCUT2D eigenvalue weighted by Crippen LogP contribution is -2.34. The first-order valence-corrected chi connectivity index (χ1v) is 13.4. The zero-order valence-electron chi connectivity index (χ0n) is 19.2. The molecule has 3 saturated carbocycles. The molecular weight excluding hydrogens is 340 g/mol. The van der Waals surface area contributed by atoms with Crippen LogP contribution in [0.1, 0.15) is 123 Å². The molecule has 28 heavy (non-hydrogen) atoms. The highest BCUT2D eigenvalue weighted by Gasteiger charge is 2.37. The van der Waals surface area contributed by atoms with Gasteiger partial charge in [-0.3, -0.25) is 0 Å². The SMILES string of the molecule is CCCCCC1CCC(C2CCC(C3CCC(CCO)CC3CC)CC2)CC1. The lowest BCUT2D eigenvalue weighted by atomic mass is 9.61. The second kappa shape index (κ2) is 12.0. The summed E-state index contributed by atoms with van der Waals surface area (Å²) in [6.45, 7) is 5.15. The summed E-state index contributed by atoms with van der Waals surface area (Å²) in [6, 6.07) is 0. The van der Waals surface area contributed by atoms with E-state index in [1.807, 2.05) is 0 Å². The second-order valence-electron chi connectivity index (χ2n) is 11.0. The molecule has 1 N–H and O–H groups in total. The van der Waals surface area contributed by atoms with Crippen LogP contribution in [0.5, 0.6) is 0 Å². The number of unbranched alkanes of at least 4 members (excludes halogenated alkanes) is 2. The highest BCUT2D eigenvalue weighted by atomic mass is 16.3. The van der Waals surface area contributed by atoms with Gasteiger partial charge in [0.25, 0.3) is 0 Å². The zero-order chi connectivity index (χ0) is 19.8. The molecule has 1 nitrogen and oxygen atoms in total. The van der Waals surface area contributed by atoms with Crippen LogP contribution in [0.25, 0.3) is 0 Å². The maximum Gasteiger partial charge on any atom is 0.0433 e. The first-order valence-electron chi connectivity index (χ1n) is 13.4. The Hall–Kier alpha value is -0.0400. The number of hydrogen-bond acceptors (Lipinski definition) is 1. The Labute approximate surface area is 176 Å². The van der Waals surface area contributed by atoms with Crippen molar-refractivity contribution in [2.75, 3.05) is 6.61 Å². The van der Waals surface area contributed by atoms with Crippen molar-refractivity contribution in [1.82, 2.24) is 0 Å². The predicted molar refractivity (Wildman–Crippen MR) is 121 cm³/mol. The Morgan fingerprint density at radius 2 is 1.25 bits per heavy atom. The Morgan fingerprint density at radius 3 is 1.86 bits per heavy atom. The molecule has 0 spiro atoms. The topological polar surface area (TPSA) is 20.2 Å². The van der Waals surface area contributed by atoms with E-state index in [1.165, 1.54) is 64.2 Å². The molecule has 3 fully saturated rings. The molecule has 3 rings (SSSR count). The van der Waals surface area contributed by atoms with Gasteiger partial charge in [0, 0.05) is 6.61 Å². The van der Waals surface area contributed by atoms with Crippen LogP contribution < -0.4 is 0 Å². The largest absolute Gasteiger partial charge is 0.396 e. The summed E-state index contributed by atoms with van der Waals surface area (Å²) in [5, 5.41) is 9.32. The average Bonchev–Trinajstić information content (AvgIpc) is 2.75. The quantitative estimate of drug-likeness (QED) is 0.395. The fourth-order valence-electron chi connectivity index (χ4n) is 7.60. The van der Waals surface area contributed by atoms with Gasteiger partial charge in [0.2, 0.25) is 0 Å². The second-order valence-corrected chi connectivity index (χ2v) is 11.0. The standard InChI is InChI=1S/C27H50O/c1-3-5-6-7-21-8-11-24(12-9-21)25-13-15-26(16-14-25)27-17-10-22(18-19-28)20-23(27)4-2/h21-28H,3-20H2,1-2H3. The van der Waals surface area contributed by atoms with Crippen LogP contribution in [0, 0.1) is 41.4 Å². The molecule has 0 amide bonds.